The Balaban J connectivity index is 1.54. The molecule has 0 saturated carbocycles. The van der Waals surface area contributed by atoms with Crippen LogP contribution in [0.5, 0.6) is 11.5 Å². The van der Waals surface area contributed by atoms with Crippen LogP contribution in [0.3, 0.4) is 0 Å². The summed E-state index contributed by atoms with van der Waals surface area (Å²) >= 11 is 2.55. The molecule has 0 radical (unpaired) electrons. The van der Waals surface area contributed by atoms with Crippen molar-refractivity contribution in [2.24, 2.45) is 0 Å². The van der Waals surface area contributed by atoms with Crippen LogP contribution < -0.4 is 9.47 Å². The Morgan fingerprint density at radius 2 is 2.07 bits per heavy atom. The second kappa shape index (κ2) is 9.56. The number of aromatic carboxylic acids is 1. The van der Waals surface area contributed by atoms with Crippen LogP contribution >= 0.6 is 23.1 Å². The van der Waals surface area contributed by atoms with Crippen LogP contribution in [0.15, 0.2) is 34.0 Å². The van der Waals surface area contributed by atoms with Gasteiger partial charge in [0.1, 0.15) is 6.61 Å². The SMILES string of the molecule is O=C(O)c1csc(SCCN2C(=O)CC[C@@H]2COc2ccccc2OC(F)(F)F)n1. The summed E-state index contributed by atoms with van der Waals surface area (Å²) in [6.45, 7) is 0.426. The van der Waals surface area contributed by atoms with Crippen molar-refractivity contribution in [3.05, 3.63) is 35.3 Å². The van der Waals surface area contributed by atoms with Crippen molar-refractivity contribution in [1.82, 2.24) is 9.88 Å². The summed E-state index contributed by atoms with van der Waals surface area (Å²) < 4.78 is 47.7. The van der Waals surface area contributed by atoms with Gasteiger partial charge in [-0.15, -0.1) is 24.5 Å². The zero-order valence-corrected chi connectivity index (χ0v) is 17.1. The molecule has 2 aromatic rings. The molecule has 0 bridgehead atoms. The number of para-hydroxylation sites is 2. The van der Waals surface area contributed by atoms with Crippen LogP contribution in [0.4, 0.5) is 13.2 Å². The van der Waals surface area contributed by atoms with Crippen molar-refractivity contribution in [1.29, 1.82) is 0 Å². The van der Waals surface area contributed by atoms with Gasteiger partial charge in [0.05, 0.1) is 6.04 Å². The maximum atomic E-state index is 12.5. The summed E-state index contributed by atoms with van der Waals surface area (Å²) in [5, 5.41) is 10.3. The zero-order chi connectivity index (χ0) is 21.7. The molecular weight excluding hydrogens is 445 g/mol. The summed E-state index contributed by atoms with van der Waals surface area (Å²) in [6, 6.07) is 5.21. The number of thiazole rings is 1. The lowest BCUT2D eigenvalue weighted by molar-refractivity contribution is -0.275. The number of benzene rings is 1. The zero-order valence-electron chi connectivity index (χ0n) is 15.4. The number of amides is 1. The predicted molar refractivity (Wildman–Crippen MR) is 103 cm³/mol. The first-order chi connectivity index (χ1) is 14.2. The second-order valence-electron chi connectivity index (χ2n) is 6.24. The Morgan fingerprint density at radius 3 is 2.73 bits per heavy atom. The molecule has 1 fully saturated rings. The highest BCUT2D eigenvalue weighted by Crippen LogP contribution is 2.32. The Hall–Kier alpha value is -2.47. The number of nitrogens with zero attached hydrogens (tertiary/aromatic N) is 2. The molecule has 1 aromatic heterocycles. The summed E-state index contributed by atoms with van der Waals surface area (Å²) in [5.41, 5.74) is -0.0224. The van der Waals surface area contributed by atoms with Crippen molar-refractivity contribution in [3.8, 4) is 11.5 Å². The molecule has 1 atom stereocenters. The average molecular weight is 462 g/mol. The van der Waals surface area contributed by atoms with Crippen molar-refractivity contribution < 1.29 is 37.3 Å². The average Bonchev–Trinajstić information content (AvgIpc) is 3.28. The lowest BCUT2D eigenvalue weighted by atomic mass is 10.2. The molecule has 1 aliphatic heterocycles. The molecule has 1 amide bonds. The molecule has 0 aliphatic carbocycles. The number of hydrogen-bond acceptors (Lipinski definition) is 7. The summed E-state index contributed by atoms with van der Waals surface area (Å²) in [5.74, 6) is -1.14. The molecule has 2 heterocycles. The molecule has 1 N–H and O–H groups in total. The maximum absolute atomic E-state index is 12.5. The first-order valence-corrected chi connectivity index (χ1v) is 10.7. The Morgan fingerprint density at radius 1 is 1.33 bits per heavy atom. The summed E-state index contributed by atoms with van der Waals surface area (Å²) in [4.78, 5) is 28.7. The molecule has 30 heavy (non-hydrogen) atoms. The van der Waals surface area contributed by atoms with E-state index in [0.29, 0.717) is 29.5 Å². The van der Waals surface area contributed by atoms with E-state index < -0.39 is 18.1 Å². The fourth-order valence-electron chi connectivity index (χ4n) is 2.89. The van der Waals surface area contributed by atoms with Gasteiger partial charge in [0.25, 0.3) is 0 Å². The van der Waals surface area contributed by atoms with Crippen molar-refractivity contribution in [2.45, 2.75) is 29.6 Å². The lowest BCUT2D eigenvalue weighted by Gasteiger charge is -2.25. The van der Waals surface area contributed by atoms with Gasteiger partial charge in [-0.05, 0) is 18.6 Å². The van der Waals surface area contributed by atoms with Crippen molar-refractivity contribution in [3.63, 3.8) is 0 Å². The van der Waals surface area contributed by atoms with Gasteiger partial charge in [-0.1, -0.05) is 23.9 Å². The Labute approximate surface area is 177 Å². The first-order valence-electron chi connectivity index (χ1n) is 8.81. The number of carboxylic acid groups (broad SMARTS) is 1. The molecule has 12 heteroatoms. The highest BCUT2D eigenvalue weighted by atomic mass is 32.2. The third kappa shape index (κ3) is 6.02. The van der Waals surface area contributed by atoms with E-state index in [9.17, 15) is 22.8 Å². The highest BCUT2D eigenvalue weighted by Gasteiger charge is 2.34. The highest BCUT2D eigenvalue weighted by molar-refractivity contribution is 8.01. The predicted octanol–water partition coefficient (Wildman–Crippen LogP) is 3.90. The number of thioether (sulfide) groups is 1. The third-order valence-corrected chi connectivity index (χ3v) is 6.22. The lowest BCUT2D eigenvalue weighted by Crippen LogP contribution is -2.38. The summed E-state index contributed by atoms with van der Waals surface area (Å²) in [6.07, 6.45) is -3.96. The second-order valence-corrected chi connectivity index (χ2v) is 8.44. The van der Waals surface area contributed by atoms with Gasteiger partial charge in [-0.2, -0.15) is 0 Å². The molecule has 162 valence electrons. The van der Waals surface area contributed by atoms with Crippen LogP contribution in [0, 0.1) is 0 Å². The third-order valence-electron chi connectivity index (χ3n) is 4.22. The minimum absolute atomic E-state index is 0.0224. The van der Waals surface area contributed by atoms with Gasteiger partial charge in [0.15, 0.2) is 21.5 Å². The van der Waals surface area contributed by atoms with E-state index in [-0.39, 0.29) is 30.0 Å². The number of carbonyl (C=O) groups excluding carboxylic acids is 1. The standard InChI is InChI=1S/C18H17F3N2O5S2/c19-18(20,21)28-14-4-2-1-3-13(14)27-9-11-5-6-15(24)23(11)7-8-29-17-22-12(10-30-17)16(25)26/h1-4,10-11H,5-9H2,(H,25,26)/t11-/m1/s1. The van der Waals surface area contributed by atoms with Crippen molar-refractivity contribution >= 4 is 35.0 Å². The fraction of sp³-hybridized carbons (Fsp3) is 0.389. The monoisotopic (exact) mass is 462 g/mol. The maximum Gasteiger partial charge on any atom is 0.573 e. The summed E-state index contributed by atoms with van der Waals surface area (Å²) in [7, 11) is 0. The number of hydrogen-bond donors (Lipinski definition) is 1. The number of aromatic nitrogens is 1. The minimum atomic E-state index is -4.83. The molecule has 1 saturated heterocycles. The van der Waals surface area contributed by atoms with Gasteiger partial charge >= 0.3 is 12.3 Å². The minimum Gasteiger partial charge on any atom is -0.488 e. The molecule has 1 aromatic carbocycles. The number of carboxylic acids is 1. The van der Waals surface area contributed by atoms with E-state index in [4.69, 9.17) is 9.84 Å². The van der Waals surface area contributed by atoms with Crippen LogP contribution in [0.1, 0.15) is 23.3 Å². The number of alkyl halides is 3. The van der Waals surface area contributed by atoms with E-state index in [0.717, 1.165) is 6.07 Å². The number of likely N-dealkylation sites (tertiary alicyclic amines) is 1. The first kappa shape index (κ1) is 22.2. The molecular formula is C18H17F3N2O5S2. The molecule has 0 unspecified atom stereocenters. The Bertz CT molecular complexity index is 906. The number of ether oxygens (including phenoxy) is 2. The topological polar surface area (TPSA) is 89.0 Å². The normalized spacial score (nSPS) is 16.7. The Kier molecular flexibility index (Phi) is 7.08. The van der Waals surface area contributed by atoms with Crippen LogP contribution in [0.2, 0.25) is 0 Å². The molecule has 3 rings (SSSR count). The molecule has 1 aliphatic rings. The number of carbonyl (C=O) groups is 2. The van der Waals surface area contributed by atoms with E-state index in [1.54, 1.807) is 4.90 Å². The van der Waals surface area contributed by atoms with Crippen LogP contribution in [-0.4, -0.2) is 58.2 Å². The van der Waals surface area contributed by atoms with Crippen LogP contribution in [-0.2, 0) is 4.79 Å². The van der Waals surface area contributed by atoms with E-state index in [2.05, 4.69) is 9.72 Å². The van der Waals surface area contributed by atoms with Gasteiger partial charge < -0.3 is 19.5 Å². The fourth-order valence-corrected chi connectivity index (χ4v) is 4.70. The smallest absolute Gasteiger partial charge is 0.488 e. The quantitative estimate of drug-likeness (QED) is 0.566. The van der Waals surface area contributed by atoms with Gasteiger partial charge in [-0.3, -0.25) is 4.79 Å². The molecule has 7 nitrogen and oxygen atoms in total. The van der Waals surface area contributed by atoms with Gasteiger partial charge in [-0.25, -0.2) is 9.78 Å². The van der Waals surface area contributed by atoms with Gasteiger partial charge in [0, 0.05) is 24.1 Å². The van der Waals surface area contributed by atoms with Crippen molar-refractivity contribution in [2.75, 3.05) is 18.9 Å². The largest absolute Gasteiger partial charge is 0.573 e. The molecule has 0 spiro atoms. The number of rotatable bonds is 9. The number of halogens is 3. The van der Waals surface area contributed by atoms with E-state index in [1.807, 2.05) is 0 Å². The van der Waals surface area contributed by atoms with E-state index in [1.165, 1.54) is 46.7 Å². The van der Waals surface area contributed by atoms with Crippen LogP contribution in [0.25, 0.3) is 0 Å². The van der Waals surface area contributed by atoms with Gasteiger partial charge in [0.2, 0.25) is 5.91 Å². The van der Waals surface area contributed by atoms with E-state index >= 15 is 0 Å².